The largest absolute Gasteiger partial charge is 0.351 e. The lowest BCUT2D eigenvalue weighted by Gasteiger charge is -2.15. The van der Waals surface area contributed by atoms with E-state index in [0.29, 0.717) is 17.6 Å². The lowest BCUT2D eigenvalue weighted by molar-refractivity contribution is -0.0172. The number of alkyl halides is 1. The molecule has 1 aliphatic rings. The van der Waals surface area contributed by atoms with Crippen molar-refractivity contribution in [1.82, 2.24) is 19.5 Å². The molecule has 2 aromatic rings. The van der Waals surface area contributed by atoms with Crippen LogP contribution in [0, 0.1) is 0 Å². The van der Waals surface area contributed by atoms with Gasteiger partial charge in [-0.2, -0.15) is 0 Å². The van der Waals surface area contributed by atoms with Crippen LogP contribution in [0.1, 0.15) is 26.0 Å². The normalized spacial score (nSPS) is 28.1. The molecule has 0 amide bonds. The van der Waals surface area contributed by atoms with Crippen LogP contribution in [-0.4, -0.2) is 31.8 Å². The quantitative estimate of drug-likeness (QED) is 0.787. The molecule has 1 aliphatic heterocycles. The van der Waals surface area contributed by atoms with E-state index >= 15 is 0 Å². The highest BCUT2D eigenvalue weighted by atomic mass is 35.5. The van der Waals surface area contributed by atoms with Gasteiger partial charge in [-0.15, -0.1) is 0 Å². The maximum Gasteiger partial charge on any atom is 0.168 e. The molecule has 3 heterocycles. The van der Waals surface area contributed by atoms with E-state index in [9.17, 15) is 4.39 Å². The zero-order valence-corrected chi connectivity index (χ0v) is 10.5. The fraction of sp³-hybridized carbons (Fsp3) is 0.545. The molecule has 0 spiro atoms. The van der Waals surface area contributed by atoms with Crippen LogP contribution < -0.4 is 0 Å². The average molecular weight is 271 g/mol. The predicted molar refractivity (Wildman–Crippen MR) is 64.0 cm³/mol. The Labute approximate surface area is 108 Å². The van der Waals surface area contributed by atoms with Crippen LogP contribution in [0.5, 0.6) is 0 Å². The van der Waals surface area contributed by atoms with Crippen LogP contribution in [0.25, 0.3) is 11.2 Å². The third-order valence-corrected chi connectivity index (χ3v) is 3.45. The second kappa shape index (κ2) is 4.44. The van der Waals surface area contributed by atoms with Gasteiger partial charge in [-0.25, -0.2) is 19.3 Å². The van der Waals surface area contributed by atoms with E-state index in [1.165, 1.54) is 12.7 Å². The molecule has 1 fully saturated rings. The van der Waals surface area contributed by atoms with Crippen LogP contribution >= 0.6 is 11.6 Å². The molecule has 18 heavy (non-hydrogen) atoms. The Morgan fingerprint density at radius 1 is 1.50 bits per heavy atom. The fourth-order valence-corrected chi connectivity index (χ4v) is 2.39. The van der Waals surface area contributed by atoms with Gasteiger partial charge in [0.05, 0.1) is 12.4 Å². The fourth-order valence-electron chi connectivity index (χ4n) is 2.22. The first-order valence-electron chi connectivity index (χ1n) is 5.83. The van der Waals surface area contributed by atoms with Crippen LogP contribution in [0.3, 0.4) is 0 Å². The Bertz CT molecular complexity index is 575. The van der Waals surface area contributed by atoms with Crippen molar-refractivity contribution < 1.29 is 9.13 Å². The van der Waals surface area contributed by atoms with Gasteiger partial charge in [0.15, 0.2) is 17.0 Å². The maximum absolute atomic E-state index is 14.0. The Kier molecular flexibility index (Phi) is 2.91. The molecule has 3 rings (SSSR count). The van der Waals surface area contributed by atoms with Crippen LogP contribution in [0.4, 0.5) is 4.39 Å². The summed E-state index contributed by atoms with van der Waals surface area (Å²) in [4.78, 5) is 12.0. The van der Waals surface area contributed by atoms with Crippen molar-refractivity contribution in [1.29, 1.82) is 0 Å². The molecular weight excluding hydrogens is 259 g/mol. The van der Waals surface area contributed by atoms with Gasteiger partial charge in [0.1, 0.15) is 18.0 Å². The van der Waals surface area contributed by atoms with Crippen molar-refractivity contribution in [3.05, 3.63) is 17.8 Å². The highest BCUT2D eigenvalue weighted by Gasteiger charge is 2.36. The molecule has 0 aliphatic carbocycles. The first kappa shape index (κ1) is 11.8. The molecule has 7 heteroatoms. The van der Waals surface area contributed by atoms with Crippen molar-refractivity contribution in [2.24, 2.45) is 0 Å². The van der Waals surface area contributed by atoms with E-state index in [2.05, 4.69) is 15.0 Å². The number of fused-ring (bicyclic) bond motifs is 1. The van der Waals surface area contributed by atoms with Gasteiger partial charge in [0.25, 0.3) is 0 Å². The Hall–Kier alpha value is -1.27. The van der Waals surface area contributed by atoms with Crippen LogP contribution in [-0.2, 0) is 4.74 Å². The van der Waals surface area contributed by atoms with Gasteiger partial charge in [-0.05, 0) is 6.42 Å². The summed E-state index contributed by atoms with van der Waals surface area (Å²) in [7, 11) is 0. The SMILES string of the molecule is CCC1CC(F)C(n2cnc3c(Cl)ncnc32)O1. The summed E-state index contributed by atoms with van der Waals surface area (Å²) in [5.74, 6) is 0. The van der Waals surface area contributed by atoms with Gasteiger partial charge in [-0.1, -0.05) is 18.5 Å². The average Bonchev–Trinajstić information content (AvgIpc) is 2.93. The number of nitrogens with zero attached hydrogens (tertiary/aromatic N) is 4. The molecule has 2 aromatic heterocycles. The number of aromatic nitrogens is 4. The van der Waals surface area contributed by atoms with Gasteiger partial charge >= 0.3 is 0 Å². The molecule has 0 N–H and O–H groups in total. The predicted octanol–water partition coefficient (Wildman–Crippen LogP) is 2.52. The summed E-state index contributed by atoms with van der Waals surface area (Å²) in [5.41, 5.74) is 0.967. The molecule has 0 radical (unpaired) electrons. The van der Waals surface area contributed by atoms with Gasteiger partial charge in [0.2, 0.25) is 0 Å². The summed E-state index contributed by atoms with van der Waals surface area (Å²) in [6, 6.07) is 0. The first-order valence-corrected chi connectivity index (χ1v) is 6.21. The first-order chi connectivity index (χ1) is 8.70. The third kappa shape index (κ3) is 1.76. The number of ether oxygens (including phenoxy) is 1. The van der Waals surface area contributed by atoms with Crippen LogP contribution in [0.15, 0.2) is 12.7 Å². The third-order valence-electron chi connectivity index (χ3n) is 3.17. The minimum atomic E-state index is -1.05. The minimum Gasteiger partial charge on any atom is -0.351 e. The summed E-state index contributed by atoms with van der Waals surface area (Å²) < 4.78 is 21.2. The molecule has 3 unspecified atom stereocenters. The lowest BCUT2D eigenvalue weighted by Crippen LogP contribution is -2.16. The molecule has 0 aromatic carbocycles. The van der Waals surface area contributed by atoms with E-state index in [0.717, 1.165) is 6.42 Å². The molecule has 96 valence electrons. The molecule has 0 saturated carbocycles. The summed E-state index contributed by atoms with van der Waals surface area (Å²) >= 11 is 5.91. The summed E-state index contributed by atoms with van der Waals surface area (Å²) in [5, 5.41) is 0.263. The molecule has 5 nitrogen and oxygen atoms in total. The number of imidazole rings is 1. The topological polar surface area (TPSA) is 52.8 Å². The number of halogens is 2. The summed E-state index contributed by atoms with van der Waals surface area (Å²) in [6.07, 6.45) is 2.24. The van der Waals surface area contributed by atoms with E-state index in [-0.39, 0.29) is 11.3 Å². The van der Waals surface area contributed by atoms with Crippen molar-refractivity contribution in [3.8, 4) is 0 Å². The molecule has 1 saturated heterocycles. The van der Waals surface area contributed by atoms with Gasteiger partial charge in [0, 0.05) is 6.42 Å². The van der Waals surface area contributed by atoms with Crippen LogP contribution in [0.2, 0.25) is 5.15 Å². The van der Waals surface area contributed by atoms with Crippen molar-refractivity contribution in [2.75, 3.05) is 0 Å². The maximum atomic E-state index is 14.0. The highest BCUT2D eigenvalue weighted by molar-refractivity contribution is 6.33. The molecule has 0 bridgehead atoms. The summed E-state index contributed by atoms with van der Waals surface area (Å²) in [6.45, 7) is 1.98. The Balaban J connectivity index is 2.02. The Morgan fingerprint density at radius 2 is 2.33 bits per heavy atom. The van der Waals surface area contributed by atoms with E-state index < -0.39 is 12.4 Å². The standard InChI is InChI=1S/C11H12ClFN4O/c1-2-6-3-7(13)11(18-6)17-5-16-8-9(12)14-4-15-10(8)17/h4-7,11H,2-3H2,1H3. The van der Waals surface area contributed by atoms with E-state index in [1.807, 2.05) is 6.92 Å². The van der Waals surface area contributed by atoms with Crippen molar-refractivity contribution in [2.45, 2.75) is 38.3 Å². The zero-order valence-electron chi connectivity index (χ0n) is 9.75. The van der Waals surface area contributed by atoms with E-state index in [4.69, 9.17) is 16.3 Å². The highest BCUT2D eigenvalue weighted by Crippen LogP contribution is 2.34. The second-order valence-corrected chi connectivity index (χ2v) is 4.66. The Morgan fingerprint density at radius 3 is 3.06 bits per heavy atom. The molecule has 3 atom stereocenters. The van der Waals surface area contributed by atoms with Gasteiger partial charge in [-0.3, -0.25) is 4.57 Å². The lowest BCUT2D eigenvalue weighted by atomic mass is 10.2. The number of hydrogen-bond donors (Lipinski definition) is 0. The zero-order chi connectivity index (χ0) is 12.7. The molecular formula is C11H12ClFN4O. The minimum absolute atomic E-state index is 0.0558. The van der Waals surface area contributed by atoms with Crippen molar-refractivity contribution >= 4 is 22.8 Å². The number of rotatable bonds is 2. The monoisotopic (exact) mass is 270 g/mol. The smallest absolute Gasteiger partial charge is 0.168 e. The number of hydrogen-bond acceptors (Lipinski definition) is 4. The second-order valence-electron chi connectivity index (χ2n) is 4.30. The van der Waals surface area contributed by atoms with Gasteiger partial charge < -0.3 is 4.74 Å². The van der Waals surface area contributed by atoms with E-state index in [1.54, 1.807) is 4.57 Å². The van der Waals surface area contributed by atoms with Crippen molar-refractivity contribution in [3.63, 3.8) is 0 Å².